The lowest BCUT2D eigenvalue weighted by atomic mass is 9.94. The molecule has 1 aliphatic carbocycles. The normalized spacial score (nSPS) is 14.5. The Bertz CT molecular complexity index is 1500. The molecule has 1 heterocycles. The minimum absolute atomic E-state index is 0.0365. The molecule has 0 aliphatic heterocycles. The van der Waals surface area contributed by atoms with Gasteiger partial charge in [0, 0.05) is 11.6 Å². The van der Waals surface area contributed by atoms with Crippen molar-refractivity contribution in [2.75, 3.05) is 19.1 Å². The van der Waals surface area contributed by atoms with E-state index in [1.54, 1.807) is 36.4 Å². The SMILES string of the molecule is COc1cccc([C@@H](C(=O)NC2CCCCC2)N(C(=O)Cn2nnc3ccccc32)c2ccccc2F)c1OC. The number of anilines is 1. The van der Waals surface area contributed by atoms with Gasteiger partial charge >= 0.3 is 0 Å². The van der Waals surface area contributed by atoms with Crippen molar-refractivity contribution in [3.05, 3.63) is 78.1 Å². The Morgan fingerprint density at radius 1 is 1.00 bits per heavy atom. The van der Waals surface area contributed by atoms with Gasteiger partial charge in [-0.25, -0.2) is 9.07 Å². The van der Waals surface area contributed by atoms with E-state index in [9.17, 15) is 9.59 Å². The van der Waals surface area contributed by atoms with Crippen molar-refractivity contribution in [3.63, 3.8) is 0 Å². The van der Waals surface area contributed by atoms with Gasteiger partial charge in [-0.2, -0.15) is 0 Å². The van der Waals surface area contributed by atoms with Crippen LogP contribution in [0.5, 0.6) is 11.5 Å². The van der Waals surface area contributed by atoms with Gasteiger partial charge < -0.3 is 14.8 Å². The molecule has 0 spiro atoms. The number of ether oxygens (including phenoxy) is 2. The number of hydrogen-bond donors (Lipinski definition) is 1. The summed E-state index contributed by atoms with van der Waals surface area (Å²) in [5, 5.41) is 11.4. The van der Waals surface area contributed by atoms with Crippen LogP contribution in [-0.4, -0.2) is 47.1 Å². The number of aromatic nitrogens is 3. The predicted octanol–water partition coefficient (Wildman–Crippen LogP) is 4.81. The number of halogens is 1. The Morgan fingerprint density at radius 3 is 2.50 bits per heavy atom. The molecule has 5 rings (SSSR count). The first-order chi connectivity index (χ1) is 19.5. The number of amides is 2. The molecule has 3 aromatic carbocycles. The number of nitrogens with one attached hydrogen (secondary N) is 1. The zero-order valence-corrected chi connectivity index (χ0v) is 22.5. The number of hydrogen-bond acceptors (Lipinski definition) is 6. The molecule has 4 aromatic rings. The van der Waals surface area contributed by atoms with E-state index in [-0.39, 0.29) is 24.0 Å². The highest BCUT2D eigenvalue weighted by Gasteiger charge is 2.38. The van der Waals surface area contributed by atoms with Gasteiger partial charge in [0.15, 0.2) is 11.5 Å². The Kier molecular flexibility index (Phi) is 8.23. The summed E-state index contributed by atoms with van der Waals surface area (Å²) in [6, 6.07) is 17.0. The van der Waals surface area contributed by atoms with E-state index in [1.807, 2.05) is 12.1 Å². The van der Waals surface area contributed by atoms with Gasteiger partial charge in [-0.1, -0.05) is 60.9 Å². The van der Waals surface area contributed by atoms with Crippen LogP contribution in [0.1, 0.15) is 43.7 Å². The summed E-state index contributed by atoms with van der Waals surface area (Å²) in [5.41, 5.74) is 1.60. The average molecular weight is 546 g/mol. The van der Waals surface area contributed by atoms with Crippen LogP contribution in [0.15, 0.2) is 66.7 Å². The number of carbonyl (C=O) groups excluding carboxylic acids is 2. The molecular weight excluding hydrogens is 513 g/mol. The van der Waals surface area contributed by atoms with Crippen LogP contribution < -0.4 is 19.7 Å². The predicted molar refractivity (Wildman–Crippen MR) is 149 cm³/mol. The summed E-state index contributed by atoms with van der Waals surface area (Å²) in [6.07, 6.45) is 4.81. The summed E-state index contributed by atoms with van der Waals surface area (Å²) in [5.74, 6) is -0.947. The molecule has 1 aliphatic rings. The van der Waals surface area contributed by atoms with E-state index in [1.165, 1.54) is 42.0 Å². The minimum atomic E-state index is -1.26. The van der Waals surface area contributed by atoms with Crippen LogP contribution in [0.4, 0.5) is 10.1 Å². The van der Waals surface area contributed by atoms with Gasteiger partial charge in [-0.3, -0.25) is 14.5 Å². The monoisotopic (exact) mass is 545 g/mol. The molecule has 9 nitrogen and oxygen atoms in total. The molecule has 208 valence electrons. The number of para-hydroxylation sites is 3. The highest BCUT2D eigenvalue weighted by Crippen LogP contribution is 2.40. The van der Waals surface area contributed by atoms with Crippen molar-refractivity contribution in [3.8, 4) is 11.5 Å². The van der Waals surface area contributed by atoms with Crippen molar-refractivity contribution >= 4 is 28.5 Å². The third kappa shape index (κ3) is 5.47. The van der Waals surface area contributed by atoms with Gasteiger partial charge in [0.25, 0.3) is 0 Å². The highest BCUT2D eigenvalue weighted by atomic mass is 19.1. The molecule has 0 bridgehead atoms. The zero-order valence-electron chi connectivity index (χ0n) is 22.5. The van der Waals surface area contributed by atoms with Crippen LogP contribution in [0.25, 0.3) is 11.0 Å². The smallest absolute Gasteiger partial charge is 0.249 e. The van der Waals surface area contributed by atoms with E-state index in [2.05, 4.69) is 15.6 Å². The first-order valence-corrected chi connectivity index (χ1v) is 13.4. The lowest BCUT2D eigenvalue weighted by Gasteiger charge is -2.34. The topological polar surface area (TPSA) is 98.6 Å². The van der Waals surface area contributed by atoms with Gasteiger partial charge in [-0.15, -0.1) is 5.10 Å². The van der Waals surface area contributed by atoms with Gasteiger partial charge in [0.05, 0.1) is 25.4 Å². The molecule has 1 saturated carbocycles. The zero-order chi connectivity index (χ0) is 28.1. The van der Waals surface area contributed by atoms with Crippen molar-refractivity contribution in [1.29, 1.82) is 0 Å². The number of methoxy groups -OCH3 is 2. The fraction of sp³-hybridized carbons (Fsp3) is 0.333. The van der Waals surface area contributed by atoms with E-state index in [0.717, 1.165) is 32.1 Å². The van der Waals surface area contributed by atoms with Crippen molar-refractivity contribution in [2.24, 2.45) is 0 Å². The van der Waals surface area contributed by atoms with Crippen molar-refractivity contribution in [1.82, 2.24) is 20.3 Å². The van der Waals surface area contributed by atoms with Crippen molar-refractivity contribution < 1.29 is 23.5 Å². The maximum absolute atomic E-state index is 15.4. The van der Waals surface area contributed by atoms with Crippen LogP contribution in [0.3, 0.4) is 0 Å². The summed E-state index contributed by atoms with van der Waals surface area (Å²) >= 11 is 0. The molecule has 10 heteroatoms. The molecular formula is C30H32FN5O4. The summed E-state index contributed by atoms with van der Waals surface area (Å²) in [4.78, 5) is 29.6. The van der Waals surface area contributed by atoms with Gasteiger partial charge in [0.2, 0.25) is 11.8 Å². The molecule has 0 saturated heterocycles. The van der Waals surface area contributed by atoms with Crippen LogP contribution in [0, 0.1) is 5.82 Å². The first kappa shape index (κ1) is 27.1. The second-order valence-electron chi connectivity index (χ2n) is 9.78. The maximum atomic E-state index is 15.4. The molecule has 1 N–H and O–H groups in total. The third-order valence-electron chi connectivity index (χ3n) is 7.27. The molecule has 40 heavy (non-hydrogen) atoms. The third-order valence-corrected chi connectivity index (χ3v) is 7.27. The van der Waals surface area contributed by atoms with Crippen LogP contribution in [-0.2, 0) is 16.1 Å². The lowest BCUT2D eigenvalue weighted by molar-refractivity contribution is -0.127. The fourth-order valence-corrected chi connectivity index (χ4v) is 5.35. The number of benzene rings is 3. The number of rotatable bonds is 9. The first-order valence-electron chi connectivity index (χ1n) is 13.4. The minimum Gasteiger partial charge on any atom is -0.493 e. The van der Waals surface area contributed by atoms with E-state index in [4.69, 9.17) is 9.47 Å². The molecule has 1 atom stereocenters. The maximum Gasteiger partial charge on any atom is 0.249 e. The lowest BCUT2D eigenvalue weighted by Crippen LogP contribution is -2.48. The number of carbonyl (C=O) groups is 2. The summed E-state index contributed by atoms with van der Waals surface area (Å²) < 4.78 is 28.1. The Labute approximate surface area is 231 Å². The molecule has 1 aromatic heterocycles. The van der Waals surface area contributed by atoms with Gasteiger partial charge in [-0.05, 0) is 43.2 Å². The standard InChI is InChI=1S/C30H32FN5O4/c1-39-26-18-10-13-21(29(26)40-2)28(30(38)32-20-11-4-3-5-12-20)36(24-16-8-6-14-22(24)31)27(37)19-35-25-17-9-7-15-23(25)33-34-35/h6-10,13-18,20,28H,3-5,11-12,19H2,1-2H3,(H,32,38)/t28-/m0/s1. The molecule has 1 fully saturated rings. The Morgan fingerprint density at radius 2 is 1.75 bits per heavy atom. The average Bonchev–Trinajstić information content (AvgIpc) is 3.39. The quantitative estimate of drug-likeness (QED) is 0.324. The van der Waals surface area contributed by atoms with E-state index in [0.29, 0.717) is 22.3 Å². The molecule has 2 amide bonds. The fourth-order valence-electron chi connectivity index (χ4n) is 5.35. The van der Waals surface area contributed by atoms with Crippen molar-refractivity contribution in [2.45, 2.75) is 50.7 Å². The Hall–Kier alpha value is -4.47. The van der Waals surface area contributed by atoms with Gasteiger partial charge in [0.1, 0.15) is 23.9 Å². The number of nitrogens with zero attached hydrogens (tertiary/aromatic N) is 4. The second kappa shape index (κ2) is 12.1. The summed E-state index contributed by atoms with van der Waals surface area (Å²) in [7, 11) is 2.96. The highest BCUT2D eigenvalue weighted by molar-refractivity contribution is 6.02. The van der Waals surface area contributed by atoms with E-state index < -0.39 is 23.7 Å². The molecule has 0 unspecified atom stereocenters. The number of fused-ring (bicyclic) bond motifs is 1. The van der Waals surface area contributed by atoms with Crippen LogP contribution >= 0.6 is 0 Å². The van der Waals surface area contributed by atoms with E-state index >= 15 is 4.39 Å². The second-order valence-corrected chi connectivity index (χ2v) is 9.78. The Balaban J connectivity index is 1.64. The van der Waals surface area contributed by atoms with Crippen LogP contribution in [0.2, 0.25) is 0 Å². The molecule has 0 radical (unpaired) electrons. The summed E-state index contributed by atoms with van der Waals surface area (Å²) in [6.45, 7) is -0.270. The largest absolute Gasteiger partial charge is 0.493 e.